The fourth-order valence-corrected chi connectivity index (χ4v) is 3.58. The van der Waals surface area contributed by atoms with Crippen molar-refractivity contribution >= 4 is 5.96 Å². The summed E-state index contributed by atoms with van der Waals surface area (Å²) in [4.78, 5) is 8.98. The number of nitrogens with one attached hydrogen (secondary N) is 2. The van der Waals surface area contributed by atoms with Crippen molar-refractivity contribution in [2.24, 2.45) is 4.99 Å². The summed E-state index contributed by atoms with van der Waals surface area (Å²) in [7, 11) is 1.80. The number of fused-ring (bicyclic) bond motifs is 1. The maximum Gasteiger partial charge on any atom is 0.191 e. The van der Waals surface area contributed by atoms with Gasteiger partial charge in [0.2, 0.25) is 0 Å². The van der Waals surface area contributed by atoms with Crippen molar-refractivity contribution in [3.8, 4) is 5.75 Å². The maximum atomic E-state index is 6.12. The van der Waals surface area contributed by atoms with Crippen LogP contribution in [0.5, 0.6) is 5.75 Å². The van der Waals surface area contributed by atoms with E-state index in [0.29, 0.717) is 12.6 Å². The predicted octanol–water partition coefficient (Wildman–Crippen LogP) is 2.72. The molecule has 2 heterocycles. The molecule has 2 aliphatic rings. The maximum absolute atomic E-state index is 6.12. The van der Waals surface area contributed by atoms with Gasteiger partial charge in [-0.15, -0.1) is 0 Å². The molecule has 1 fully saturated rings. The molecule has 1 unspecified atom stereocenters. The number of hydrogen-bond donors (Lipinski definition) is 2. The molecule has 0 bridgehead atoms. The van der Waals surface area contributed by atoms with Crippen LogP contribution in [0.1, 0.15) is 55.4 Å². The van der Waals surface area contributed by atoms with Gasteiger partial charge in [0, 0.05) is 25.7 Å². The van der Waals surface area contributed by atoms with E-state index in [-0.39, 0.29) is 6.04 Å². The van der Waals surface area contributed by atoms with E-state index in [0.717, 1.165) is 61.1 Å². The van der Waals surface area contributed by atoms with E-state index in [1.807, 2.05) is 23.7 Å². The van der Waals surface area contributed by atoms with Crippen LogP contribution >= 0.6 is 0 Å². The monoisotopic (exact) mass is 368 g/mol. The molecule has 1 aromatic carbocycles. The van der Waals surface area contributed by atoms with E-state index < -0.39 is 0 Å². The number of guanidine groups is 1. The van der Waals surface area contributed by atoms with Gasteiger partial charge in [0.25, 0.3) is 0 Å². The second-order valence-electron chi connectivity index (χ2n) is 7.28. The first-order valence-electron chi connectivity index (χ1n) is 9.86. The predicted molar refractivity (Wildman–Crippen MR) is 105 cm³/mol. The Hall–Kier alpha value is -2.57. The Morgan fingerprint density at radius 3 is 2.89 bits per heavy atom. The Kier molecular flexibility index (Phi) is 5.27. The quantitative estimate of drug-likeness (QED) is 0.627. The molecule has 0 spiro atoms. The normalized spacial score (nSPS) is 19.9. The molecule has 2 aromatic rings. The third-order valence-corrected chi connectivity index (χ3v) is 5.28. The van der Waals surface area contributed by atoms with Gasteiger partial charge in [-0.1, -0.05) is 18.2 Å². The van der Waals surface area contributed by atoms with Crippen molar-refractivity contribution in [2.45, 2.75) is 64.3 Å². The molecule has 7 nitrogen and oxygen atoms in total. The Bertz CT molecular complexity index is 811. The molecule has 7 heteroatoms. The van der Waals surface area contributed by atoms with Gasteiger partial charge in [-0.05, 0) is 45.1 Å². The second-order valence-corrected chi connectivity index (χ2v) is 7.28. The van der Waals surface area contributed by atoms with Gasteiger partial charge >= 0.3 is 0 Å². The highest BCUT2D eigenvalue weighted by atomic mass is 16.5. The Morgan fingerprint density at radius 1 is 1.26 bits per heavy atom. The van der Waals surface area contributed by atoms with Crippen LogP contribution in [-0.2, 0) is 13.1 Å². The minimum absolute atomic E-state index is 0.132. The lowest BCUT2D eigenvalue weighted by molar-refractivity contribution is 0.119. The molecular formula is C20H28N6O. The smallest absolute Gasteiger partial charge is 0.191 e. The number of rotatable bonds is 5. The van der Waals surface area contributed by atoms with E-state index in [4.69, 9.17) is 4.74 Å². The highest BCUT2D eigenvalue weighted by molar-refractivity contribution is 5.80. The van der Waals surface area contributed by atoms with Gasteiger partial charge in [0.15, 0.2) is 5.96 Å². The van der Waals surface area contributed by atoms with Crippen molar-refractivity contribution in [2.75, 3.05) is 7.05 Å². The SMILES string of the molecule is CN=C(NCc1ccccc1OC1CCC1)NC1CCCn2nc(C)nc21. The molecule has 4 rings (SSSR count). The van der Waals surface area contributed by atoms with Crippen LogP contribution in [0.3, 0.4) is 0 Å². The molecule has 1 aliphatic heterocycles. The van der Waals surface area contributed by atoms with Crippen molar-refractivity contribution in [1.82, 2.24) is 25.4 Å². The topological polar surface area (TPSA) is 76.4 Å². The summed E-state index contributed by atoms with van der Waals surface area (Å²) < 4.78 is 8.13. The van der Waals surface area contributed by atoms with Gasteiger partial charge in [-0.2, -0.15) is 5.10 Å². The van der Waals surface area contributed by atoms with Gasteiger partial charge in [-0.25, -0.2) is 9.67 Å². The zero-order valence-corrected chi connectivity index (χ0v) is 16.1. The lowest BCUT2D eigenvalue weighted by atomic mass is 9.96. The summed E-state index contributed by atoms with van der Waals surface area (Å²) >= 11 is 0. The summed E-state index contributed by atoms with van der Waals surface area (Å²) in [6.07, 6.45) is 6.08. The van der Waals surface area contributed by atoms with E-state index in [9.17, 15) is 0 Å². The Balaban J connectivity index is 1.39. The summed E-state index contributed by atoms with van der Waals surface area (Å²) in [6, 6.07) is 8.37. The number of aliphatic imine (C=N–C) groups is 1. The molecule has 0 saturated heterocycles. The average molecular weight is 368 g/mol. The average Bonchev–Trinajstić information content (AvgIpc) is 3.03. The number of para-hydroxylation sites is 1. The van der Waals surface area contributed by atoms with Crippen LogP contribution in [0.25, 0.3) is 0 Å². The fraction of sp³-hybridized carbons (Fsp3) is 0.550. The third-order valence-electron chi connectivity index (χ3n) is 5.28. The van der Waals surface area contributed by atoms with Crippen molar-refractivity contribution in [3.63, 3.8) is 0 Å². The summed E-state index contributed by atoms with van der Waals surface area (Å²) in [5.74, 6) is 3.56. The van der Waals surface area contributed by atoms with Gasteiger partial charge in [-0.3, -0.25) is 4.99 Å². The minimum Gasteiger partial charge on any atom is -0.490 e. The highest BCUT2D eigenvalue weighted by Gasteiger charge is 2.24. The molecular weight excluding hydrogens is 340 g/mol. The minimum atomic E-state index is 0.132. The van der Waals surface area contributed by atoms with Crippen molar-refractivity contribution < 1.29 is 4.74 Å². The number of hydrogen-bond acceptors (Lipinski definition) is 4. The van der Waals surface area contributed by atoms with Crippen LogP contribution < -0.4 is 15.4 Å². The molecule has 0 amide bonds. The largest absolute Gasteiger partial charge is 0.490 e. The fourth-order valence-electron chi connectivity index (χ4n) is 3.58. The van der Waals surface area contributed by atoms with Crippen LogP contribution in [0.4, 0.5) is 0 Å². The van der Waals surface area contributed by atoms with Gasteiger partial charge in [0.05, 0.1) is 12.1 Å². The number of aryl methyl sites for hydroxylation is 2. The lowest BCUT2D eigenvalue weighted by Gasteiger charge is -2.28. The molecule has 0 radical (unpaired) electrons. The second kappa shape index (κ2) is 7.98. The zero-order valence-electron chi connectivity index (χ0n) is 16.1. The number of nitrogens with zero attached hydrogens (tertiary/aromatic N) is 4. The van der Waals surface area contributed by atoms with Crippen molar-refractivity contribution in [3.05, 3.63) is 41.5 Å². The summed E-state index contributed by atoms with van der Waals surface area (Å²) in [5, 5.41) is 11.4. The first kappa shape index (κ1) is 17.8. The number of ether oxygens (including phenoxy) is 1. The standard InChI is InChI=1S/C20H28N6O/c1-14-23-19-17(10-6-12-26(19)25-14)24-20(21-2)22-13-15-7-3-4-11-18(15)27-16-8-5-9-16/h3-4,7,11,16-17H,5-6,8-10,12-13H2,1-2H3,(H2,21,22,24). The molecule has 2 N–H and O–H groups in total. The van der Waals surface area contributed by atoms with Gasteiger partial charge in [0.1, 0.15) is 17.4 Å². The molecule has 1 atom stereocenters. The van der Waals surface area contributed by atoms with Crippen molar-refractivity contribution in [1.29, 1.82) is 0 Å². The van der Waals surface area contributed by atoms with Crippen LogP contribution in [0, 0.1) is 6.92 Å². The van der Waals surface area contributed by atoms with E-state index in [1.165, 1.54) is 6.42 Å². The molecule has 1 aliphatic carbocycles. The summed E-state index contributed by atoms with van der Waals surface area (Å²) in [6.45, 7) is 3.54. The number of aromatic nitrogens is 3. The van der Waals surface area contributed by atoms with Crippen LogP contribution in [0.2, 0.25) is 0 Å². The Morgan fingerprint density at radius 2 is 2.11 bits per heavy atom. The molecule has 144 valence electrons. The third kappa shape index (κ3) is 4.07. The molecule has 27 heavy (non-hydrogen) atoms. The Labute approximate surface area is 160 Å². The lowest BCUT2D eigenvalue weighted by Crippen LogP contribution is -2.41. The molecule has 1 aromatic heterocycles. The summed E-state index contributed by atoms with van der Waals surface area (Å²) in [5.41, 5.74) is 1.15. The van der Waals surface area contributed by atoms with E-state index >= 15 is 0 Å². The number of benzene rings is 1. The van der Waals surface area contributed by atoms with E-state index in [1.54, 1.807) is 7.05 Å². The van der Waals surface area contributed by atoms with Gasteiger partial charge < -0.3 is 15.4 Å². The first-order valence-corrected chi connectivity index (χ1v) is 9.86. The van der Waals surface area contributed by atoms with E-state index in [2.05, 4.69) is 37.8 Å². The van der Waals surface area contributed by atoms with Crippen LogP contribution in [0.15, 0.2) is 29.3 Å². The zero-order chi connectivity index (χ0) is 18.6. The highest BCUT2D eigenvalue weighted by Crippen LogP contribution is 2.27. The first-order chi connectivity index (χ1) is 13.2. The molecule has 1 saturated carbocycles. The van der Waals surface area contributed by atoms with Crippen LogP contribution in [-0.4, -0.2) is 33.9 Å².